The average molecular weight is 528 g/mol. The molecule has 3 amide bonds. The van der Waals surface area contributed by atoms with Crippen LogP contribution in [-0.2, 0) is 25.7 Å². The molecule has 1 aliphatic carbocycles. The topological polar surface area (TPSA) is 87.7 Å². The molecular formula is C32H37N3O4. The van der Waals surface area contributed by atoms with E-state index in [2.05, 4.69) is 24.5 Å². The van der Waals surface area contributed by atoms with E-state index in [4.69, 9.17) is 4.74 Å². The van der Waals surface area contributed by atoms with Crippen LogP contribution in [-0.4, -0.2) is 46.4 Å². The van der Waals surface area contributed by atoms with Gasteiger partial charge in [-0.3, -0.25) is 14.4 Å². The summed E-state index contributed by atoms with van der Waals surface area (Å²) in [5, 5.41) is 6.25. The highest BCUT2D eigenvalue weighted by Gasteiger charge is 2.72. The standard InChI is InChI=1S/C32H37N3O4/c1-20(2)22-13-15-24(16-14-22)33-29(36)26-25-17-18-32(39-25)27(26)31(38)35(19-21-9-5-3-6-10-21)28(32)30(37)34-23-11-7-4-8-12-23/h3,5-6,9-10,13-18,20,23,25-28H,4,7-8,11-12,19H2,1-2H3,(H,33,36)(H,34,37)/t25-,26?,27-,28?,32?/m1/s1. The Morgan fingerprint density at radius 2 is 1.72 bits per heavy atom. The molecule has 3 unspecified atom stereocenters. The lowest BCUT2D eigenvalue weighted by atomic mass is 9.74. The summed E-state index contributed by atoms with van der Waals surface area (Å²) in [5.74, 6) is -1.72. The molecule has 2 saturated heterocycles. The molecule has 2 bridgehead atoms. The molecule has 6 rings (SSSR count). The van der Waals surface area contributed by atoms with Gasteiger partial charge in [0.1, 0.15) is 11.6 Å². The van der Waals surface area contributed by atoms with Crippen molar-refractivity contribution < 1.29 is 19.1 Å². The number of amides is 3. The van der Waals surface area contributed by atoms with Crippen LogP contribution in [0.1, 0.15) is 63.0 Å². The molecule has 3 fully saturated rings. The molecule has 0 radical (unpaired) electrons. The van der Waals surface area contributed by atoms with Gasteiger partial charge < -0.3 is 20.3 Å². The van der Waals surface area contributed by atoms with Crippen molar-refractivity contribution in [2.75, 3.05) is 5.32 Å². The molecule has 2 N–H and O–H groups in total. The number of benzene rings is 2. The highest BCUT2D eigenvalue weighted by Crippen LogP contribution is 2.55. The van der Waals surface area contributed by atoms with Crippen LogP contribution in [0.25, 0.3) is 0 Å². The van der Waals surface area contributed by atoms with E-state index in [1.54, 1.807) is 4.90 Å². The van der Waals surface area contributed by atoms with E-state index in [0.29, 0.717) is 11.6 Å². The Hall–Kier alpha value is -3.45. The second kappa shape index (κ2) is 10.3. The van der Waals surface area contributed by atoms with E-state index >= 15 is 0 Å². The number of carbonyl (C=O) groups excluding carboxylic acids is 3. The van der Waals surface area contributed by atoms with E-state index in [1.165, 1.54) is 12.0 Å². The van der Waals surface area contributed by atoms with E-state index in [-0.39, 0.29) is 30.3 Å². The van der Waals surface area contributed by atoms with Crippen molar-refractivity contribution in [1.82, 2.24) is 10.2 Å². The maximum absolute atomic E-state index is 14.1. The van der Waals surface area contributed by atoms with Crippen LogP contribution in [0.3, 0.4) is 0 Å². The molecule has 5 atom stereocenters. The van der Waals surface area contributed by atoms with E-state index in [0.717, 1.165) is 31.2 Å². The summed E-state index contributed by atoms with van der Waals surface area (Å²) in [5.41, 5.74) is 1.65. The quantitative estimate of drug-likeness (QED) is 0.518. The molecule has 39 heavy (non-hydrogen) atoms. The normalized spacial score (nSPS) is 29.6. The number of nitrogens with one attached hydrogen (secondary N) is 2. The van der Waals surface area contributed by atoms with Gasteiger partial charge in [0.15, 0.2) is 0 Å². The molecular weight excluding hydrogens is 490 g/mol. The molecule has 0 aromatic heterocycles. The largest absolute Gasteiger partial charge is 0.359 e. The van der Waals surface area contributed by atoms with Crippen LogP contribution >= 0.6 is 0 Å². The zero-order chi connectivity index (χ0) is 27.1. The SMILES string of the molecule is CC(C)c1ccc(NC(=O)C2[C@H]3C=CC4(O3)C(C(=O)NC3CCCCC3)N(Cc3ccccc3)C(=O)[C@@H]24)cc1. The van der Waals surface area contributed by atoms with Crippen molar-refractivity contribution in [2.45, 2.75) is 82.2 Å². The van der Waals surface area contributed by atoms with Gasteiger partial charge in [-0.15, -0.1) is 0 Å². The van der Waals surface area contributed by atoms with Gasteiger partial charge >= 0.3 is 0 Å². The summed E-state index contributed by atoms with van der Waals surface area (Å²) in [4.78, 5) is 43.4. The minimum absolute atomic E-state index is 0.103. The highest BCUT2D eigenvalue weighted by molar-refractivity contribution is 6.02. The van der Waals surface area contributed by atoms with Crippen molar-refractivity contribution in [1.29, 1.82) is 0 Å². The maximum atomic E-state index is 14.1. The average Bonchev–Trinajstić information content (AvgIpc) is 3.58. The minimum Gasteiger partial charge on any atom is -0.359 e. The fraction of sp³-hybridized carbons (Fsp3) is 0.469. The van der Waals surface area contributed by atoms with Gasteiger partial charge in [-0.2, -0.15) is 0 Å². The number of anilines is 1. The first-order valence-corrected chi connectivity index (χ1v) is 14.3. The van der Waals surface area contributed by atoms with Gasteiger partial charge in [0.05, 0.1) is 17.9 Å². The molecule has 3 heterocycles. The summed E-state index contributed by atoms with van der Waals surface area (Å²) < 4.78 is 6.47. The van der Waals surface area contributed by atoms with Gasteiger partial charge in [0, 0.05) is 18.3 Å². The Labute approximate surface area is 230 Å². The lowest BCUT2D eigenvalue weighted by Gasteiger charge is -2.34. The van der Waals surface area contributed by atoms with Crippen LogP contribution in [0.5, 0.6) is 0 Å². The summed E-state index contributed by atoms with van der Waals surface area (Å²) in [6, 6.07) is 16.8. The maximum Gasteiger partial charge on any atom is 0.246 e. The van der Waals surface area contributed by atoms with Crippen molar-refractivity contribution in [3.8, 4) is 0 Å². The van der Waals surface area contributed by atoms with Gasteiger partial charge in [0.2, 0.25) is 17.7 Å². The number of carbonyl (C=O) groups is 3. The highest BCUT2D eigenvalue weighted by atomic mass is 16.5. The summed E-state index contributed by atoms with van der Waals surface area (Å²) in [7, 11) is 0. The monoisotopic (exact) mass is 527 g/mol. The minimum atomic E-state index is -1.15. The summed E-state index contributed by atoms with van der Waals surface area (Å²) in [6.45, 7) is 4.53. The lowest BCUT2D eigenvalue weighted by molar-refractivity contribution is -0.142. The number of fused-ring (bicyclic) bond motifs is 1. The molecule has 7 heteroatoms. The molecule has 1 spiro atoms. The van der Waals surface area contributed by atoms with E-state index in [9.17, 15) is 14.4 Å². The van der Waals surface area contributed by atoms with Crippen molar-refractivity contribution in [2.24, 2.45) is 11.8 Å². The fourth-order valence-electron chi connectivity index (χ4n) is 6.92. The Morgan fingerprint density at radius 1 is 1.00 bits per heavy atom. The third kappa shape index (κ3) is 4.56. The zero-order valence-electron chi connectivity index (χ0n) is 22.6. The Bertz CT molecular complexity index is 1270. The molecule has 2 aromatic carbocycles. The Morgan fingerprint density at radius 3 is 2.41 bits per heavy atom. The summed E-state index contributed by atoms with van der Waals surface area (Å²) >= 11 is 0. The molecule has 1 saturated carbocycles. The van der Waals surface area contributed by atoms with E-state index < -0.39 is 29.6 Å². The van der Waals surface area contributed by atoms with E-state index in [1.807, 2.05) is 66.7 Å². The Balaban J connectivity index is 1.29. The van der Waals surface area contributed by atoms with Crippen LogP contribution in [0.15, 0.2) is 66.7 Å². The molecule has 204 valence electrons. The molecule has 4 aliphatic rings. The Kier molecular flexibility index (Phi) is 6.79. The summed E-state index contributed by atoms with van der Waals surface area (Å²) in [6.07, 6.45) is 8.45. The second-order valence-corrected chi connectivity index (χ2v) is 11.8. The third-order valence-electron chi connectivity index (χ3n) is 8.92. The first-order chi connectivity index (χ1) is 18.9. The van der Waals surface area contributed by atoms with Gasteiger partial charge in [-0.05, 0) is 42.0 Å². The van der Waals surface area contributed by atoms with Crippen LogP contribution in [0.4, 0.5) is 5.69 Å². The predicted molar refractivity (Wildman–Crippen MR) is 149 cm³/mol. The number of nitrogens with zero attached hydrogens (tertiary/aromatic N) is 1. The first-order valence-electron chi connectivity index (χ1n) is 14.3. The second-order valence-electron chi connectivity index (χ2n) is 11.8. The van der Waals surface area contributed by atoms with Crippen molar-refractivity contribution >= 4 is 23.4 Å². The van der Waals surface area contributed by atoms with Gasteiger partial charge in [-0.25, -0.2) is 0 Å². The van der Waals surface area contributed by atoms with Gasteiger partial charge in [-0.1, -0.05) is 87.7 Å². The number of hydrogen-bond acceptors (Lipinski definition) is 4. The van der Waals surface area contributed by atoms with Crippen molar-refractivity contribution in [3.05, 3.63) is 77.9 Å². The van der Waals surface area contributed by atoms with Crippen molar-refractivity contribution in [3.63, 3.8) is 0 Å². The smallest absolute Gasteiger partial charge is 0.246 e. The van der Waals surface area contributed by atoms with Crippen LogP contribution in [0, 0.1) is 11.8 Å². The van der Waals surface area contributed by atoms with Crippen LogP contribution < -0.4 is 10.6 Å². The number of ether oxygens (including phenoxy) is 1. The third-order valence-corrected chi connectivity index (χ3v) is 8.92. The van der Waals surface area contributed by atoms with Gasteiger partial charge in [0.25, 0.3) is 0 Å². The fourth-order valence-corrected chi connectivity index (χ4v) is 6.92. The molecule has 7 nitrogen and oxygen atoms in total. The molecule has 3 aliphatic heterocycles. The zero-order valence-corrected chi connectivity index (χ0v) is 22.6. The lowest BCUT2D eigenvalue weighted by Crippen LogP contribution is -2.56. The first kappa shape index (κ1) is 25.8. The number of hydrogen-bond donors (Lipinski definition) is 2. The predicted octanol–water partition coefficient (Wildman–Crippen LogP) is 4.55. The van der Waals surface area contributed by atoms with Crippen LogP contribution in [0.2, 0.25) is 0 Å². The molecule has 2 aromatic rings. The number of rotatable bonds is 7. The number of likely N-dealkylation sites (tertiary alicyclic amines) is 1.